The van der Waals surface area contributed by atoms with Gasteiger partial charge in [-0.25, -0.2) is 0 Å². The van der Waals surface area contributed by atoms with E-state index in [0.29, 0.717) is 6.54 Å². The van der Waals surface area contributed by atoms with Crippen molar-refractivity contribution in [2.24, 2.45) is 11.5 Å². The Bertz CT molecular complexity index is 164. The fourth-order valence-corrected chi connectivity index (χ4v) is 1.69. The molecule has 0 aliphatic carbocycles. The number of rotatable bonds is 3. The average Bonchev–Trinajstić information content (AvgIpc) is 2.32. The van der Waals surface area contributed by atoms with Gasteiger partial charge in [0.25, 0.3) is 0 Å². The van der Waals surface area contributed by atoms with Crippen LogP contribution >= 0.6 is 0 Å². The lowest BCUT2D eigenvalue weighted by Gasteiger charge is -2.21. The van der Waals surface area contributed by atoms with E-state index < -0.39 is 11.9 Å². The minimum atomic E-state index is -0.502. The Labute approximate surface area is 79.3 Å². The number of carbonyl (C=O) groups is 1. The second-order valence-corrected chi connectivity index (χ2v) is 3.72. The van der Waals surface area contributed by atoms with Crippen LogP contribution in [0.5, 0.6) is 0 Å². The molecule has 1 rings (SSSR count). The first-order valence-corrected chi connectivity index (χ1v) is 4.97. The highest BCUT2D eigenvalue weighted by Crippen LogP contribution is 2.09. The molecule has 0 saturated carbocycles. The van der Waals surface area contributed by atoms with E-state index >= 15 is 0 Å². The fraction of sp³-hybridized carbons (Fsp3) is 0.889. The summed E-state index contributed by atoms with van der Waals surface area (Å²) in [7, 11) is 0. The van der Waals surface area contributed by atoms with Crippen molar-refractivity contribution in [3.8, 4) is 0 Å². The molecular weight excluding hydrogens is 166 g/mol. The van der Waals surface area contributed by atoms with Crippen LogP contribution in [-0.2, 0) is 4.79 Å². The van der Waals surface area contributed by atoms with Crippen LogP contribution in [-0.4, -0.2) is 36.5 Å². The molecule has 4 nitrogen and oxygen atoms in total. The van der Waals surface area contributed by atoms with E-state index in [1.807, 2.05) is 0 Å². The van der Waals surface area contributed by atoms with Gasteiger partial charge in [-0.2, -0.15) is 0 Å². The summed E-state index contributed by atoms with van der Waals surface area (Å²) >= 11 is 0. The molecule has 1 amide bonds. The molecule has 4 N–H and O–H groups in total. The third-order valence-corrected chi connectivity index (χ3v) is 2.52. The van der Waals surface area contributed by atoms with Crippen molar-refractivity contribution in [2.45, 2.75) is 31.7 Å². The highest BCUT2D eigenvalue weighted by Gasteiger charge is 2.15. The van der Waals surface area contributed by atoms with Gasteiger partial charge in [-0.1, -0.05) is 12.8 Å². The van der Waals surface area contributed by atoms with E-state index in [1.54, 1.807) is 0 Å². The highest BCUT2D eigenvalue weighted by molar-refractivity contribution is 5.79. The van der Waals surface area contributed by atoms with E-state index in [-0.39, 0.29) is 0 Å². The highest BCUT2D eigenvalue weighted by atomic mass is 16.1. The predicted octanol–water partition coefficient (Wildman–Crippen LogP) is -0.325. The van der Waals surface area contributed by atoms with Crippen LogP contribution in [0.2, 0.25) is 0 Å². The van der Waals surface area contributed by atoms with Gasteiger partial charge in [0.1, 0.15) is 0 Å². The zero-order chi connectivity index (χ0) is 9.68. The van der Waals surface area contributed by atoms with Crippen LogP contribution in [0.3, 0.4) is 0 Å². The van der Waals surface area contributed by atoms with Crippen molar-refractivity contribution in [1.29, 1.82) is 0 Å². The molecule has 1 atom stereocenters. The van der Waals surface area contributed by atoms with E-state index in [2.05, 4.69) is 4.90 Å². The van der Waals surface area contributed by atoms with Crippen LogP contribution in [0, 0.1) is 0 Å². The molecule has 0 aromatic rings. The largest absolute Gasteiger partial charge is 0.368 e. The van der Waals surface area contributed by atoms with Crippen molar-refractivity contribution in [1.82, 2.24) is 4.90 Å². The molecule has 1 aliphatic heterocycles. The lowest BCUT2D eigenvalue weighted by molar-refractivity contribution is -0.119. The summed E-state index contributed by atoms with van der Waals surface area (Å²) < 4.78 is 0. The maximum atomic E-state index is 10.7. The van der Waals surface area contributed by atoms with Gasteiger partial charge >= 0.3 is 0 Å². The van der Waals surface area contributed by atoms with Gasteiger partial charge in [0.05, 0.1) is 6.04 Å². The number of hydrogen-bond acceptors (Lipinski definition) is 3. The van der Waals surface area contributed by atoms with Crippen LogP contribution < -0.4 is 11.5 Å². The van der Waals surface area contributed by atoms with Gasteiger partial charge < -0.3 is 16.4 Å². The topological polar surface area (TPSA) is 72.3 Å². The molecule has 0 aromatic carbocycles. The van der Waals surface area contributed by atoms with Crippen LogP contribution in [0.1, 0.15) is 25.7 Å². The van der Waals surface area contributed by atoms with E-state index in [1.165, 1.54) is 25.7 Å². The monoisotopic (exact) mass is 185 g/mol. The average molecular weight is 185 g/mol. The van der Waals surface area contributed by atoms with E-state index in [0.717, 1.165) is 13.1 Å². The van der Waals surface area contributed by atoms with Crippen LogP contribution in [0.25, 0.3) is 0 Å². The lowest BCUT2D eigenvalue weighted by atomic mass is 10.2. The van der Waals surface area contributed by atoms with Crippen LogP contribution in [0.15, 0.2) is 0 Å². The number of primary amides is 1. The Morgan fingerprint density at radius 3 is 2.23 bits per heavy atom. The third kappa shape index (κ3) is 3.74. The Morgan fingerprint density at radius 1 is 1.23 bits per heavy atom. The number of hydrogen-bond donors (Lipinski definition) is 2. The zero-order valence-corrected chi connectivity index (χ0v) is 8.04. The predicted molar refractivity (Wildman–Crippen MR) is 52.1 cm³/mol. The first kappa shape index (κ1) is 10.5. The van der Waals surface area contributed by atoms with E-state index in [9.17, 15) is 4.79 Å². The van der Waals surface area contributed by atoms with Crippen molar-refractivity contribution in [3.63, 3.8) is 0 Å². The van der Waals surface area contributed by atoms with Crippen molar-refractivity contribution >= 4 is 5.91 Å². The molecule has 76 valence electrons. The summed E-state index contributed by atoms with van der Waals surface area (Å²) in [6, 6.07) is -0.502. The molecule has 0 aromatic heterocycles. The summed E-state index contributed by atoms with van der Waals surface area (Å²) in [5.74, 6) is -0.399. The molecule has 1 fully saturated rings. The SMILES string of the molecule is NC(=O)C(N)CN1CCCCCC1. The number of likely N-dealkylation sites (tertiary alicyclic amines) is 1. The Kier molecular flexibility index (Phi) is 4.18. The molecule has 4 heteroatoms. The summed E-state index contributed by atoms with van der Waals surface area (Å²) in [6.07, 6.45) is 5.02. The van der Waals surface area contributed by atoms with Gasteiger partial charge in [0.2, 0.25) is 5.91 Å². The van der Waals surface area contributed by atoms with Gasteiger partial charge in [0.15, 0.2) is 0 Å². The molecule has 0 radical (unpaired) electrons. The first-order chi connectivity index (χ1) is 6.20. The molecule has 1 saturated heterocycles. The Hall–Kier alpha value is -0.610. The minimum absolute atomic E-state index is 0.399. The summed E-state index contributed by atoms with van der Waals surface area (Å²) in [5, 5.41) is 0. The maximum absolute atomic E-state index is 10.7. The minimum Gasteiger partial charge on any atom is -0.368 e. The summed E-state index contributed by atoms with van der Waals surface area (Å²) in [4.78, 5) is 13.0. The van der Waals surface area contributed by atoms with Crippen molar-refractivity contribution in [3.05, 3.63) is 0 Å². The standard InChI is InChI=1S/C9H19N3O/c10-8(9(11)13)7-12-5-3-1-2-4-6-12/h8H,1-7,10H2,(H2,11,13). The number of carbonyl (C=O) groups excluding carboxylic acids is 1. The molecule has 1 unspecified atom stereocenters. The molecule has 0 spiro atoms. The molecule has 1 heterocycles. The second kappa shape index (κ2) is 5.19. The Morgan fingerprint density at radius 2 is 1.77 bits per heavy atom. The second-order valence-electron chi connectivity index (χ2n) is 3.72. The molecule has 1 aliphatic rings. The maximum Gasteiger partial charge on any atom is 0.235 e. The number of nitrogens with two attached hydrogens (primary N) is 2. The smallest absolute Gasteiger partial charge is 0.235 e. The number of nitrogens with zero attached hydrogens (tertiary/aromatic N) is 1. The van der Waals surface area contributed by atoms with Crippen molar-refractivity contribution in [2.75, 3.05) is 19.6 Å². The van der Waals surface area contributed by atoms with Gasteiger partial charge in [-0.3, -0.25) is 4.79 Å². The van der Waals surface area contributed by atoms with Crippen LogP contribution in [0.4, 0.5) is 0 Å². The quantitative estimate of drug-likeness (QED) is 0.632. The first-order valence-electron chi connectivity index (χ1n) is 4.97. The third-order valence-electron chi connectivity index (χ3n) is 2.52. The fourth-order valence-electron chi connectivity index (χ4n) is 1.69. The van der Waals surface area contributed by atoms with Gasteiger partial charge in [-0.15, -0.1) is 0 Å². The normalized spacial score (nSPS) is 22.2. The lowest BCUT2D eigenvalue weighted by Crippen LogP contribution is -2.46. The summed E-state index contributed by atoms with van der Waals surface area (Å²) in [6.45, 7) is 2.73. The van der Waals surface area contributed by atoms with Gasteiger partial charge in [0, 0.05) is 6.54 Å². The molecule has 13 heavy (non-hydrogen) atoms. The molecule has 0 bridgehead atoms. The summed E-state index contributed by atoms with van der Waals surface area (Å²) in [5.41, 5.74) is 10.7. The number of amides is 1. The Balaban J connectivity index is 2.29. The molecular formula is C9H19N3O. The van der Waals surface area contributed by atoms with E-state index in [4.69, 9.17) is 11.5 Å². The van der Waals surface area contributed by atoms with Gasteiger partial charge in [-0.05, 0) is 25.9 Å². The van der Waals surface area contributed by atoms with Crippen molar-refractivity contribution < 1.29 is 4.79 Å². The zero-order valence-electron chi connectivity index (χ0n) is 8.04.